The first-order valence-corrected chi connectivity index (χ1v) is 8.44. The summed E-state index contributed by atoms with van der Waals surface area (Å²) < 4.78 is 6.81. The molecule has 1 amide bonds. The third-order valence-corrected chi connectivity index (χ3v) is 3.97. The molecule has 0 aliphatic rings. The molecule has 0 radical (unpaired) electrons. The van der Waals surface area contributed by atoms with Crippen molar-refractivity contribution in [2.24, 2.45) is 0 Å². The zero-order chi connectivity index (χ0) is 17.8. The Labute approximate surface area is 150 Å². The Bertz CT molecular complexity index is 890. The van der Waals surface area contributed by atoms with Gasteiger partial charge in [0.2, 0.25) is 0 Å². The third-order valence-electron chi connectivity index (χ3n) is 3.74. The van der Waals surface area contributed by atoms with Gasteiger partial charge in [0.25, 0.3) is 0 Å². The minimum absolute atomic E-state index is 0.279. The van der Waals surface area contributed by atoms with E-state index in [1.807, 2.05) is 12.1 Å². The van der Waals surface area contributed by atoms with Gasteiger partial charge in [-0.3, -0.25) is 0 Å². The maximum atomic E-state index is 12.5. The Morgan fingerprint density at radius 1 is 1.28 bits per heavy atom. The first-order valence-electron chi connectivity index (χ1n) is 8.06. The highest BCUT2D eigenvalue weighted by atomic mass is 35.5. The monoisotopic (exact) mass is 358 g/mol. The number of unbranched alkanes of at least 4 members (excludes halogenated alkanes) is 1. The van der Waals surface area contributed by atoms with Gasteiger partial charge in [0, 0.05) is 16.1 Å². The lowest BCUT2D eigenvalue weighted by Gasteiger charge is -2.08. The van der Waals surface area contributed by atoms with Crippen LogP contribution in [-0.4, -0.2) is 22.4 Å². The number of carbonyl (C=O) groups is 1. The molecule has 3 rings (SSSR count). The summed E-state index contributed by atoms with van der Waals surface area (Å²) in [6.45, 7) is 2.79. The number of nitrogens with zero attached hydrogens (tertiary/aromatic N) is 2. The molecule has 0 aliphatic heterocycles. The average Bonchev–Trinajstić information content (AvgIpc) is 2.93. The Balaban J connectivity index is 1.75. The van der Waals surface area contributed by atoms with Gasteiger partial charge >= 0.3 is 6.03 Å². The van der Waals surface area contributed by atoms with Crippen LogP contribution >= 0.6 is 11.6 Å². The van der Waals surface area contributed by atoms with Crippen molar-refractivity contribution in [1.29, 1.82) is 0 Å². The third kappa shape index (κ3) is 3.85. The summed E-state index contributed by atoms with van der Waals surface area (Å²) >= 11 is 6.01. The lowest BCUT2D eigenvalue weighted by atomic mass is 10.2. The number of amides is 1. The molecule has 3 aromatic rings. The van der Waals surface area contributed by atoms with Gasteiger partial charge in [-0.1, -0.05) is 24.9 Å². The second-order valence-corrected chi connectivity index (χ2v) is 6.05. The summed E-state index contributed by atoms with van der Waals surface area (Å²) in [4.78, 5) is 12.5. The van der Waals surface area contributed by atoms with Gasteiger partial charge in [-0.2, -0.15) is 4.68 Å². The van der Waals surface area contributed by atoms with Crippen molar-refractivity contribution in [3.8, 4) is 5.75 Å². The van der Waals surface area contributed by atoms with Crippen LogP contribution in [0, 0.1) is 0 Å². The normalized spacial score (nSPS) is 10.8. The number of nitrogen functional groups attached to an aromatic ring is 1. The number of halogens is 1. The van der Waals surface area contributed by atoms with E-state index in [9.17, 15) is 4.79 Å². The fourth-order valence-corrected chi connectivity index (χ4v) is 2.58. The number of fused-ring (bicyclic) bond motifs is 1. The molecular formula is C18H19ClN4O2. The number of hydrogen-bond acceptors (Lipinski definition) is 4. The predicted molar refractivity (Wildman–Crippen MR) is 100 cm³/mol. The number of aromatic nitrogens is 2. The van der Waals surface area contributed by atoms with E-state index in [2.05, 4.69) is 17.3 Å². The van der Waals surface area contributed by atoms with Crippen molar-refractivity contribution < 1.29 is 9.53 Å². The van der Waals surface area contributed by atoms with Crippen LogP contribution in [0.1, 0.15) is 19.8 Å². The largest absolute Gasteiger partial charge is 0.494 e. The van der Waals surface area contributed by atoms with E-state index in [1.54, 1.807) is 30.3 Å². The van der Waals surface area contributed by atoms with E-state index in [0.717, 1.165) is 18.6 Å². The molecule has 2 aromatic carbocycles. The second-order valence-electron chi connectivity index (χ2n) is 5.62. The highest BCUT2D eigenvalue weighted by Crippen LogP contribution is 2.24. The van der Waals surface area contributed by atoms with Crippen molar-refractivity contribution in [3.05, 3.63) is 47.5 Å². The van der Waals surface area contributed by atoms with Gasteiger partial charge in [-0.15, -0.1) is 5.10 Å². The molecule has 3 N–H and O–H groups in total. The number of ether oxygens (including phenoxy) is 1. The molecule has 0 aliphatic carbocycles. The van der Waals surface area contributed by atoms with E-state index >= 15 is 0 Å². The van der Waals surface area contributed by atoms with Crippen LogP contribution in [0.4, 0.5) is 16.3 Å². The van der Waals surface area contributed by atoms with E-state index < -0.39 is 6.03 Å². The van der Waals surface area contributed by atoms with Gasteiger partial charge in [-0.05, 0) is 48.9 Å². The van der Waals surface area contributed by atoms with Gasteiger partial charge in [-0.25, -0.2) is 4.79 Å². The second kappa shape index (κ2) is 7.44. The maximum absolute atomic E-state index is 12.5. The zero-order valence-corrected chi connectivity index (χ0v) is 14.6. The van der Waals surface area contributed by atoms with E-state index in [0.29, 0.717) is 28.2 Å². The van der Waals surface area contributed by atoms with Crippen molar-refractivity contribution in [2.45, 2.75) is 19.8 Å². The van der Waals surface area contributed by atoms with E-state index in [1.165, 1.54) is 4.68 Å². The fourth-order valence-electron chi connectivity index (χ4n) is 2.41. The van der Waals surface area contributed by atoms with E-state index in [4.69, 9.17) is 22.1 Å². The first-order chi connectivity index (χ1) is 12.1. The molecule has 6 nitrogen and oxygen atoms in total. The van der Waals surface area contributed by atoms with Gasteiger partial charge in [0.15, 0.2) is 5.82 Å². The number of benzene rings is 2. The van der Waals surface area contributed by atoms with E-state index in [-0.39, 0.29) is 5.82 Å². The molecule has 1 heterocycles. The van der Waals surface area contributed by atoms with Crippen LogP contribution < -0.4 is 15.8 Å². The Hall–Kier alpha value is -2.73. The lowest BCUT2D eigenvalue weighted by molar-refractivity contribution is 0.252. The number of hydrogen-bond donors (Lipinski definition) is 2. The number of rotatable bonds is 5. The Morgan fingerprint density at radius 3 is 2.76 bits per heavy atom. The standard InChI is InChI=1S/C18H19ClN4O2/c1-2-3-10-25-14-7-5-13(6-8-14)21-18(24)23-16-11-12(19)4-9-15(16)17(20)22-23/h4-9,11H,2-3,10H2,1H3,(H2,20,22)(H,21,24). The van der Waals surface area contributed by atoms with Gasteiger partial charge in [0.1, 0.15) is 5.75 Å². The lowest BCUT2D eigenvalue weighted by Crippen LogP contribution is -2.20. The van der Waals surface area contributed by atoms with Gasteiger partial charge < -0.3 is 15.8 Å². The highest BCUT2D eigenvalue weighted by molar-refractivity contribution is 6.31. The topological polar surface area (TPSA) is 82.2 Å². The van der Waals surface area contributed by atoms with Crippen LogP contribution in [-0.2, 0) is 0 Å². The summed E-state index contributed by atoms with van der Waals surface area (Å²) in [6.07, 6.45) is 2.09. The molecule has 0 spiro atoms. The number of nitrogens with one attached hydrogen (secondary N) is 1. The number of carbonyl (C=O) groups excluding carboxylic acids is 1. The number of anilines is 2. The molecule has 0 bridgehead atoms. The molecule has 0 fully saturated rings. The van der Waals surface area contributed by atoms with Crippen LogP contribution in [0.25, 0.3) is 10.9 Å². The molecule has 0 atom stereocenters. The highest BCUT2D eigenvalue weighted by Gasteiger charge is 2.14. The summed E-state index contributed by atoms with van der Waals surface area (Å²) in [5, 5.41) is 8.07. The summed E-state index contributed by atoms with van der Waals surface area (Å²) in [5.41, 5.74) is 7.06. The SMILES string of the molecule is CCCCOc1ccc(NC(=O)n2nc(N)c3ccc(Cl)cc32)cc1. The quantitative estimate of drug-likeness (QED) is 0.656. The molecule has 130 valence electrons. The van der Waals surface area contributed by atoms with Crippen molar-refractivity contribution in [2.75, 3.05) is 17.7 Å². The van der Waals surface area contributed by atoms with Crippen molar-refractivity contribution in [3.63, 3.8) is 0 Å². The smallest absolute Gasteiger partial charge is 0.347 e. The molecular weight excluding hydrogens is 340 g/mol. The minimum Gasteiger partial charge on any atom is -0.494 e. The van der Waals surface area contributed by atoms with Crippen LogP contribution in [0.3, 0.4) is 0 Å². The fraction of sp³-hybridized carbons (Fsp3) is 0.222. The number of nitrogens with two attached hydrogens (primary N) is 1. The molecule has 0 saturated carbocycles. The van der Waals surface area contributed by atoms with Crippen LogP contribution in [0.5, 0.6) is 5.75 Å². The Morgan fingerprint density at radius 2 is 2.04 bits per heavy atom. The summed E-state index contributed by atoms with van der Waals surface area (Å²) in [5.74, 6) is 1.05. The summed E-state index contributed by atoms with van der Waals surface area (Å²) in [7, 11) is 0. The Kier molecular flexibility index (Phi) is 5.09. The maximum Gasteiger partial charge on any atom is 0.347 e. The molecule has 0 unspecified atom stereocenters. The van der Waals surface area contributed by atoms with Crippen LogP contribution in [0.15, 0.2) is 42.5 Å². The van der Waals surface area contributed by atoms with Crippen LogP contribution in [0.2, 0.25) is 5.02 Å². The molecule has 1 aromatic heterocycles. The molecule has 7 heteroatoms. The van der Waals surface area contributed by atoms with Crippen molar-refractivity contribution in [1.82, 2.24) is 9.78 Å². The molecule has 25 heavy (non-hydrogen) atoms. The average molecular weight is 359 g/mol. The first kappa shape index (κ1) is 17.1. The van der Waals surface area contributed by atoms with Crippen molar-refractivity contribution >= 4 is 40.0 Å². The molecule has 0 saturated heterocycles. The predicted octanol–water partition coefficient (Wildman–Crippen LogP) is 4.53. The zero-order valence-electron chi connectivity index (χ0n) is 13.8. The minimum atomic E-state index is -0.413. The van der Waals surface area contributed by atoms with Gasteiger partial charge in [0.05, 0.1) is 12.1 Å². The summed E-state index contributed by atoms with van der Waals surface area (Å²) in [6, 6.07) is 11.9.